The molecule has 1 fully saturated rings. The molecule has 2 atom stereocenters. The van der Waals surface area contributed by atoms with Gasteiger partial charge in [0.1, 0.15) is 5.82 Å². The summed E-state index contributed by atoms with van der Waals surface area (Å²) >= 11 is 3.25. The van der Waals surface area contributed by atoms with Crippen LogP contribution in [0.25, 0.3) is 0 Å². The maximum absolute atomic E-state index is 13.3. The van der Waals surface area contributed by atoms with Crippen molar-refractivity contribution in [3.63, 3.8) is 0 Å². The van der Waals surface area contributed by atoms with Crippen molar-refractivity contribution in [3.05, 3.63) is 34.1 Å². The Labute approximate surface area is 129 Å². The highest BCUT2D eigenvalue weighted by molar-refractivity contribution is 9.10. The average molecular weight is 343 g/mol. The Kier molecular flexibility index (Phi) is 6.00. The van der Waals surface area contributed by atoms with E-state index in [1.54, 1.807) is 0 Å². The van der Waals surface area contributed by atoms with Crippen LogP contribution in [0.5, 0.6) is 0 Å². The van der Waals surface area contributed by atoms with E-state index in [0.717, 1.165) is 12.1 Å². The molecule has 0 amide bonds. The van der Waals surface area contributed by atoms with Crippen LogP contribution < -0.4 is 5.32 Å². The number of hydrogen-bond donors (Lipinski definition) is 1. The molecule has 0 radical (unpaired) electrons. The van der Waals surface area contributed by atoms with E-state index in [4.69, 9.17) is 0 Å². The first-order chi connectivity index (χ1) is 9.56. The van der Waals surface area contributed by atoms with Gasteiger partial charge in [-0.2, -0.15) is 0 Å². The summed E-state index contributed by atoms with van der Waals surface area (Å²) in [5.41, 5.74) is 1.11. The highest BCUT2D eigenvalue weighted by Gasteiger charge is 2.16. The van der Waals surface area contributed by atoms with Crippen molar-refractivity contribution in [1.82, 2.24) is 10.2 Å². The van der Waals surface area contributed by atoms with Gasteiger partial charge in [0.15, 0.2) is 0 Å². The van der Waals surface area contributed by atoms with Crippen molar-refractivity contribution < 1.29 is 4.39 Å². The highest BCUT2D eigenvalue weighted by Crippen LogP contribution is 2.21. The zero-order valence-electron chi connectivity index (χ0n) is 12.3. The third-order valence-corrected chi connectivity index (χ3v) is 4.57. The second-order valence-corrected chi connectivity index (χ2v) is 6.68. The first-order valence-corrected chi connectivity index (χ1v) is 8.29. The minimum Gasteiger partial charge on any atom is -0.306 e. The molecule has 0 spiro atoms. The summed E-state index contributed by atoms with van der Waals surface area (Å²) in [7, 11) is 0. The maximum Gasteiger partial charge on any atom is 0.137 e. The maximum atomic E-state index is 13.3. The first kappa shape index (κ1) is 15.9. The number of nitrogens with one attached hydrogen (secondary N) is 1. The predicted molar refractivity (Wildman–Crippen MR) is 85.4 cm³/mol. The van der Waals surface area contributed by atoms with Gasteiger partial charge in [0.2, 0.25) is 0 Å². The number of benzene rings is 1. The number of hydrogen-bond acceptors (Lipinski definition) is 2. The predicted octanol–water partition coefficient (Wildman–Crippen LogP) is 4.11. The number of piperidine rings is 1. The topological polar surface area (TPSA) is 15.3 Å². The van der Waals surface area contributed by atoms with E-state index < -0.39 is 0 Å². The van der Waals surface area contributed by atoms with Crippen LogP contribution in [0.2, 0.25) is 0 Å². The Morgan fingerprint density at radius 2 is 1.95 bits per heavy atom. The molecule has 0 bridgehead atoms. The zero-order valence-corrected chi connectivity index (χ0v) is 13.9. The van der Waals surface area contributed by atoms with Crippen LogP contribution in [-0.4, -0.2) is 30.6 Å². The van der Waals surface area contributed by atoms with Gasteiger partial charge in [-0.25, -0.2) is 4.39 Å². The molecule has 1 aliphatic rings. The summed E-state index contributed by atoms with van der Waals surface area (Å²) in [6.45, 7) is 7.90. The number of halogens is 2. The Bertz CT molecular complexity index is 432. The summed E-state index contributed by atoms with van der Waals surface area (Å²) < 4.78 is 13.8. The van der Waals surface area contributed by atoms with Crippen LogP contribution >= 0.6 is 15.9 Å². The molecule has 0 aliphatic carbocycles. The Morgan fingerprint density at radius 3 is 2.60 bits per heavy atom. The first-order valence-electron chi connectivity index (χ1n) is 7.49. The van der Waals surface area contributed by atoms with Crippen molar-refractivity contribution in [1.29, 1.82) is 0 Å². The molecule has 1 aliphatic heterocycles. The van der Waals surface area contributed by atoms with Crippen LogP contribution in [0.4, 0.5) is 4.39 Å². The van der Waals surface area contributed by atoms with E-state index in [1.807, 2.05) is 12.1 Å². The smallest absolute Gasteiger partial charge is 0.137 e. The normalized spacial score (nSPS) is 19.8. The lowest BCUT2D eigenvalue weighted by molar-refractivity contribution is 0.205. The molecule has 1 N–H and O–H groups in total. The quantitative estimate of drug-likeness (QED) is 0.865. The SMILES string of the molecule is CC(CN1CCCCC1)NC(C)c1ccc(F)c(Br)c1. The van der Waals surface area contributed by atoms with Crippen molar-refractivity contribution in [2.45, 2.75) is 45.2 Å². The van der Waals surface area contributed by atoms with Gasteiger partial charge in [0, 0.05) is 18.6 Å². The molecule has 112 valence electrons. The van der Waals surface area contributed by atoms with Crippen molar-refractivity contribution in [2.75, 3.05) is 19.6 Å². The molecule has 2 nitrogen and oxygen atoms in total. The van der Waals surface area contributed by atoms with E-state index in [1.165, 1.54) is 38.4 Å². The molecule has 1 aromatic carbocycles. The second kappa shape index (κ2) is 7.53. The highest BCUT2D eigenvalue weighted by atomic mass is 79.9. The largest absolute Gasteiger partial charge is 0.306 e. The fourth-order valence-electron chi connectivity index (χ4n) is 2.89. The van der Waals surface area contributed by atoms with E-state index in [2.05, 4.69) is 40.0 Å². The average Bonchev–Trinajstić information content (AvgIpc) is 2.42. The minimum absolute atomic E-state index is 0.206. The fourth-order valence-corrected chi connectivity index (χ4v) is 3.28. The van der Waals surface area contributed by atoms with Crippen LogP contribution in [0, 0.1) is 5.82 Å². The monoisotopic (exact) mass is 342 g/mol. The Balaban J connectivity index is 1.86. The molecule has 20 heavy (non-hydrogen) atoms. The van der Waals surface area contributed by atoms with Crippen LogP contribution in [0.3, 0.4) is 0 Å². The Hall–Kier alpha value is -0.450. The van der Waals surface area contributed by atoms with Gasteiger partial charge in [-0.05, 0) is 73.4 Å². The lowest BCUT2D eigenvalue weighted by atomic mass is 10.1. The molecule has 1 aromatic rings. The number of likely N-dealkylation sites (tertiary alicyclic amines) is 1. The van der Waals surface area contributed by atoms with Gasteiger partial charge in [-0.3, -0.25) is 0 Å². The number of nitrogens with zero attached hydrogens (tertiary/aromatic N) is 1. The summed E-state index contributed by atoms with van der Waals surface area (Å²) in [6.07, 6.45) is 4.03. The summed E-state index contributed by atoms with van der Waals surface area (Å²) in [5.74, 6) is -0.206. The molecular weight excluding hydrogens is 319 g/mol. The van der Waals surface area contributed by atoms with Crippen molar-refractivity contribution in [3.8, 4) is 0 Å². The third kappa shape index (κ3) is 4.54. The van der Waals surface area contributed by atoms with Gasteiger partial charge >= 0.3 is 0 Å². The van der Waals surface area contributed by atoms with Gasteiger partial charge in [0.05, 0.1) is 4.47 Å². The molecular formula is C16H24BrFN2. The molecule has 4 heteroatoms. The second-order valence-electron chi connectivity index (χ2n) is 5.82. The third-order valence-electron chi connectivity index (χ3n) is 3.96. The molecule has 2 unspecified atom stereocenters. The van der Waals surface area contributed by atoms with E-state index in [-0.39, 0.29) is 11.9 Å². The van der Waals surface area contributed by atoms with Crippen LogP contribution in [0.1, 0.15) is 44.7 Å². The van der Waals surface area contributed by atoms with E-state index >= 15 is 0 Å². The lowest BCUT2D eigenvalue weighted by Crippen LogP contribution is -2.42. The molecule has 1 heterocycles. The summed E-state index contributed by atoms with van der Waals surface area (Å²) in [5, 5.41) is 3.61. The Morgan fingerprint density at radius 1 is 1.25 bits per heavy atom. The summed E-state index contributed by atoms with van der Waals surface area (Å²) in [4.78, 5) is 2.54. The molecule has 0 saturated carbocycles. The van der Waals surface area contributed by atoms with E-state index in [0.29, 0.717) is 10.5 Å². The number of rotatable bonds is 5. The van der Waals surface area contributed by atoms with Gasteiger partial charge in [-0.15, -0.1) is 0 Å². The van der Waals surface area contributed by atoms with E-state index in [9.17, 15) is 4.39 Å². The fraction of sp³-hybridized carbons (Fsp3) is 0.625. The minimum atomic E-state index is -0.206. The van der Waals surface area contributed by atoms with Crippen molar-refractivity contribution in [2.24, 2.45) is 0 Å². The molecule has 0 aromatic heterocycles. The molecule has 1 saturated heterocycles. The van der Waals surface area contributed by atoms with Crippen LogP contribution in [-0.2, 0) is 0 Å². The zero-order chi connectivity index (χ0) is 14.5. The van der Waals surface area contributed by atoms with Gasteiger partial charge in [0.25, 0.3) is 0 Å². The van der Waals surface area contributed by atoms with Crippen LogP contribution in [0.15, 0.2) is 22.7 Å². The standard InChI is InChI=1S/C16H24BrFN2/c1-12(11-20-8-4-3-5-9-20)19-13(2)14-6-7-16(18)15(17)10-14/h6-7,10,12-13,19H,3-5,8-9,11H2,1-2H3. The molecule has 2 rings (SSSR count). The van der Waals surface area contributed by atoms with Gasteiger partial charge < -0.3 is 10.2 Å². The van der Waals surface area contributed by atoms with Gasteiger partial charge in [-0.1, -0.05) is 12.5 Å². The summed E-state index contributed by atoms with van der Waals surface area (Å²) in [6, 6.07) is 5.90. The van der Waals surface area contributed by atoms with Crippen molar-refractivity contribution >= 4 is 15.9 Å². The lowest BCUT2D eigenvalue weighted by Gasteiger charge is -2.30.